The predicted molar refractivity (Wildman–Crippen MR) is 202 cm³/mol. The average molecular weight is 765 g/mol. The van der Waals surface area contributed by atoms with Gasteiger partial charge in [0.2, 0.25) is 12.0 Å². The molecular formula is C42H40N2O12. The Labute approximate surface area is 322 Å². The first-order valence-corrected chi connectivity index (χ1v) is 17.8. The molecule has 5 atom stereocenters. The summed E-state index contributed by atoms with van der Waals surface area (Å²) in [7, 11) is 1.04. The van der Waals surface area contributed by atoms with Crippen LogP contribution in [0.3, 0.4) is 0 Å². The van der Waals surface area contributed by atoms with Crippen molar-refractivity contribution in [1.29, 1.82) is 0 Å². The molecule has 14 nitrogen and oxygen atoms in total. The van der Waals surface area contributed by atoms with Crippen molar-refractivity contribution >= 4 is 17.3 Å². The smallest absolute Gasteiger partial charge is 0.342 e. The summed E-state index contributed by atoms with van der Waals surface area (Å²) in [4.78, 5) is 35.6. The van der Waals surface area contributed by atoms with Crippen LogP contribution in [0.1, 0.15) is 32.6 Å². The lowest BCUT2D eigenvalue weighted by molar-refractivity contribution is -0.395. The molecule has 1 fully saturated rings. The number of non-ortho nitro benzene ring substituents is 1. The van der Waals surface area contributed by atoms with Gasteiger partial charge < -0.3 is 33.2 Å². The Morgan fingerprint density at radius 1 is 0.625 bits per heavy atom. The van der Waals surface area contributed by atoms with E-state index in [0.29, 0.717) is 6.07 Å². The Kier molecular flexibility index (Phi) is 13.8. The van der Waals surface area contributed by atoms with Crippen LogP contribution in [0, 0.1) is 20.2 Å². The van der Waals surface area contributed by atoms with E-state index in [9.17, 15) is 25.0 Å². The first kappa shape index (κ1) is 39.7. The minimum Gasteiger partial charge on any atom is -0.465 e. The normalized spacial score (nSPS) is 19.2. The molecule has 0 amide bonds. The van der Waals surface area contributed by atoms with Gasteiger partial charge in [-0.3, -0.25) is 20.2 Å². The van der Waals surface area contributed by atoms with E-state index in [1.165, 1.54) is 0 Å². The van der Waals surface area contributed by atoms with Gasteiger partial charge in [0.1, 0.15) is 30.0 Å². The van der Waals surface area contributed by atoms with Crippen molar-refractivity contribution in [2.45, 2.75) is 57.1 Å². The van der Waals surface area contributed by atoms with Crippen molar-refractivity contribution in [2.75, 3.05) is 13.7 Å². The standard InChI is InChI=1S/C42H40N2O12/c1-50-41(45)34-22-33(43(46)47)23-35(44(48)49)37(34)56-42-40(54-27-32-20-12-5-13-21-32)39(53-26-31-18-10-4-11-19-31)38(52-25-30-16-8-3-9-17-30)36(55-42)28-51-24-29-14-6-2-7-15-29/h2-23,36,38-40,42H,24-28H2,1H3/t36-,38-,39+,40-,42+/m1/s1. The van der Waals surface area contributed by atoms with Gasteiger partial charge in [-0.1, -0.05) is 121 Å². The number of carbonyl (C=O) groups is 1. The lowest BCUT2D eigenvalue weighted by Crippen LogP contribution is -2.62. The van der Waals surface area contributed by atoms with Crippen LogP contribution in [-0.2, 0) is 54.8 Å². The molecule has 1 aliphatic heterocycles. The molecule has 1 saturated heterocycles. The van der Waals surface area contributed by atoms with Gasteiger partial charge in [-0.2, -0.15) is 0 Å². The highest BCUT2D eigenvalue weighted by Gasteiger charge is 2.50. The summed E-state index contributed by atoms with van der Waals surface area (Å²) in [5.74, 6) is -1.71. The van der Waals surface area contributed by atoms with E-state index >= 15 is 0 Å². The van der Waals surface area contributed by atoms with E-state index in [1.54, 1.807) is 0 Å². The third-order valence-electron chi connectivity index (χ3n) is 8.94. The van der Waals surface area contributed by atoms with Crippen LogP contribution in [0.4, 0.5) is 11.4 Å². The number of hydrogen-bond donors (Lipinski definition) is 0. The molecular weight excluding hydrogens is 724 g/mol. The molecule has 1 aliphatic rings. The highest BCUT2D eigenvalue weighted by Crippen LogP contribution is 2.40. The third kappa shape index (κ3) is 10.4. The molecule has 0 aromatic heterocycles. The molecule has 0 unspecified atom stereocenters. The zero-order chi connectivity index (χ0) is 39.3. The van der Waals surface area contributed by atoms with E-state index in [1.807, 2.05) is 121 Å². The quantitative estimate of drug-likeness (QED) is 0.0494. The van der Waals surface area contributed by atoms with E-state index in [-0.39, 0.29) is 33.0 Å². The maximum absolute atomic E-state index is 13.1. The number of benzene rings is 5. The Morgan fingerprint density at radius 2 is 1.09 bits per heavy atom. The monoisotopic (exact) mass is 764 g/mol. The number of rotatable bonds is 18. The first-order valence-electron chi connectivity index (χ1n) is 17.8. The van der Waals surface area contributed by atoms with Gasteiger partial charge in [-0.25, -0.2) is 4.79 Å². The van der Waals surface area contributed by atoms with Crippen LogP contribution >= 0.6 is 0 Å². The van der Waals surface area contributed by atoms with Crippen LogP contribution < -0.4 is 4.74 Å². The van der Waals surface area contributed by atoms with Crippen LogP contribution in [0.2, 0.25) is 0 Å². The number of carbonyl (C=O) groups excluding carboxylic acids is 1. The zero-order valence-electron chi connectivity index (χ0n) is 30.4. The summed E-state index contributed by atoms with van der Waals surface area (Å²) in [6.07, 6.45) is -5.42. The summed E-state index contributed by atoms with van der Waals surface area (Å²) in [6, 6.07) is 39.3. The third-order valence-corrected chi connectivity index (χ3v) is 8.94. The lowest BCUT2D eigenvalue weighted by atomic mass is 9.97. The van der Waals surface area contributed by atoms with Gasteiger partial charge in [0, 0.05) is 6.07 Å². The maximum Gasteiger partial charge on any atom is 0.342 e. The molecule has 5 aromatic rings. The Balaban J connectivity index is 1.44. The minimum atomic E-state index is -1.51. The van der Waals surface area contributed by atoms with Crippen molar-refractivity contribution in [3.63, 3.8) is 0 Å². The van der Waals surface area contributed by atoms with Gasteiger partial charge in [-0.15, -0.1) is 0 Å². The molecule has 1 heterocycles. The maximum atomic E-state index is 13.1. The highest BCUT2D eigenvalue weighted by atomic mass is 16.7. The van der Waals surface area contributed by atoms with Gasteiger partial charge in [0.25, 0.3) is 5.69 Å². The topological polar surface area (TPSA) is 168 Å². The van der Waals surface area contributed by atoms with Crippen LogP contribution in [0.25, 0.3) is 0 Å². The predicted octanol–water partition coefficient (Wildman–Crippen LogP) is 7.37. The fourth-order valence-electron chi connectivity index (χ4n) is 6.18. The second-order valence-electron chi connectivity index (χ2n) is 12.8. The first-order chi connectivity index (χ1) is 27.3. The number of ether oxygens (including phenoxy) is 7. The number of nitrogens with zero attached hydrogens (tertiary/aromatic N) is 2. The minimum absolute atomic E-state index is 0.0344. The summed E-state index contributed by atoms with van der Waals surface area (Å²) in [5, 5.41) is 24.2. The zero-order valence-corrected chi connectivity index (χ0v) is 30.4. The molecule has 0 spiro atoms. The number of esters is 1. The molecule has 14 heteroatoms. The van der Waals surface area contributed by atoms with Crippen molar-refractivity contribution in [1.82, 2.24) is 0 Å². The van der Waals surface area contributed by atoms with Crippen LogP contribution in [-0.4, -0.2) is 60.2 Å². The molecule has 0 radical (unpaired) electrons. The van der Waals surface area contributed by atoms with Gasteiger partial charge in [-0.05, 0) is 22.3 Å². The van der Waals surface area contributed by atoms with Crippen LogP contribution in [0.5, 0.6) is 5.75 Å². The summed E-state index contributed by atoms with van der Waals surface area (Å²) in [6.45, 7) is 0.481. The lowest BCUT2D eigenvalue weighted by Gasteiger charge is -2.45. The van der Waals surface area contributed by atoms with E-state index in [2.05, 4.69) is 0 Å². The van der Waals surface area contributed by atoms with E-state index < -0.39 is 69.2 Å². The van der Waals surface area contributed by atoms with Gasteiger partial charge in [0.05, 0.1) is 56.1 Å². The van der Waals surface area contributed by atoms with Gasteiger partial charge in [0.15, 0.2) is 0 Å². The average Bonchev–Trinajstić information content (AvgIpc) is 3.23. The second-order valence-corrected chi connectivity index (χ2v) is 12.8. The molecule has 290 valence electrons. The molecule has 0 aliphatic carbocycles. The summed E-state index contributed by atoms with van der Waals surface area (Å²) in [5.41, 5.74) is 1.30. The van der Waals surface area contributed by atoms with Gasteiger partial charge >= 0.3 is 11.7 Å². The summed E-state index contributed by atoms with van der Waals surface area (Å²) < 4.78 is 43.9. The summed E-state index contributed by atoms with van der Waals surface area (Å²) >= 11 is 0. The molecule has 0 saturated carbocycles. The second kappa shape index (κ2) is 19.5. The molecule has 0 N–H and O–H groups in total. The SMILES string of the molecule is COC(=O)c1cc([N+](=O)[O-])cc([N+](=O)[O-])c1O[C@@H]1O[C@H](COCc2ccccc2)[C@@H](OCc2ccccc2)[C@H](OCc2ccccc2)[C@H]1OCc1ccccc1. The Hall–Kier alpha value is -6.03. The van der Waals surface area contributed by atoms with Crippen molar-refractivity contribution in [3.05, 3.63) is 182 Å². The molecule has 0 bridgehead atoms. The Bertz CT molecular complexity index is 2040. The fraction of sp³-hybridized carbons (Fsp3) is 0.262. The fourth-order valence-corrected chi connectivity index (χ4v) is 6.18. The van der Waals surface area contributed by atoms with E-state index in [4.69, 9.17) is 33.2 Å². The number of nitro groups is 2. The number of nitro benzene ring substituents is 2. The number of hydrogen-bond acceptors (Lipinski definition) is 12. The molecule has 56 heavy (non-hydrogen) atoms. The highest BCUT2D eigenvalue weighted by molar-refractivity contribution is 5.95. The largest absolute Gasteiger partial charge is 0.465 e. The van der Waals surface area contributed by atoms with E-state index in [0.717, 1.165) is 35.4 Å². The van der Waals surface area contributed by atoms with Crippen molar-refractivity contribution in [2.24, 2.45) is 0 Å². The molecule has 5 aromatic carbocycles. The molecule has 6 rings (SSSR count). The van der Waals surface area contributed by atoms with Crippen molar-refractivity contribution < 1.29 is 47.8 Å². The van der Waals surface area contributed by atoms with Crippen molar-refractivity contribution in [3.8, 4) is 5.75 Å². The van der Waals surface area contributed by atoms with Crippen LogP contribution in [0.15, 0.2) is 133 Å². The number of methoxy groups -OCH3 is 1. The Morgan fingerprint density at radius 3 is 1.55 bits per heavy atom.